The van der Waals surface area contributed by atoms with Gasteiger partial charge in [-0.1, -0.05) is 13.8 Å². The van der Waals surface area contributed by atoms with E-state index >= 15 is 0 Å². The van der Waals surface area contributed by atoms with E-state index in [4.69, 9.17) is 9.84 Å². The Bertz CT molecular complexity index is 83.7. The Kier molecular flexibility index (Phi) is 5.13. The summed E-state index contributed by atoms with van der Waals surface area (Å²) < 4.78 is 5.14. The van der Waals surface area contributed by atoms with Gasteiger partial charge in [0.05, 0.1) is 19.8 Å². The van der Waals surface area contributed by atoms with E-state index in [2.05, 4.69) is 26.5 Å². The molecule has 0 radical (unpaired) electrons. The van der Waals surface area contributed by atoms with Crippen LogP contribution >= 0.6 is 12.6 Å². The largest absolute Gasteiger partial charge is 0.394 e. The monoisotopic (exact) mass is 164 g/mol. The summed E-state index contributed by atoms with van der Waals surface area (Å²) >= 11 is 4.16. The molecule has 0 aromatic carbocycles. The number of ether oxygens (including phenoxy) is 1. The molecule has 0 unspecified atom stereocenters. The summed E-state index contributed by atoms with van der Waals surface area (Å²) in [6.45, 7) is 5.35. The highest BCUT2D eigenvalue weighted by atomic mass is 32.1. The maximum atomic E-state index is 8.39. The standard InChI is InChI=1S/C7H16O2S/c1-7(2,6-10)5-9-4-3-8/h8,10H,3-6H2,1-2H3. The van der Waals surface area contributed by atoms with Gasteiger partial charge >= 0.3 is 0 Å². The molecule has 0 saturated heterocycles. The second kappa shape index (κ2) is 4.99. The quantitative estimate of drug-likeness (QED) is 0.468. The highest BCUT2D eigenvalue weighted by molar-refractivity contribution is 7.80. The molecule has 0 spiro atoms. The van der Waals surface area contributed by atoms with Gasteiger partial charge in [-0.25, -0.2) is 0 Å². The van der Waals surface area contributed by atoms with Crippen LogP contribution in [0.1, 0.15) is 13.8 Å². The van der Waals surface area contributed by atoms with E-state index in [1.54, 1.807) is 0 Å². The van der Waals surface area contributed by atoms with E-state index in [0.717, 1.165) is 5.75 Å². The van der Waals surface area contributed by atoms with Crippen molar-refractivity contribution in [1.29, 1.82) is 0 Å². The molecule has 0 aliphatic heterocycles. The summed E-state index contributed by atoms with van der Waals surface area (Å²) in [5, 5.41) is 8.39. The van der Waals surface area contributed by atoms with Crippen LogP contribution in [0.25, 0.3) is 0 Å². The molecule has 0 atom stereocenters. The van der Waals surface area contributed by atoms with E-state index in [1.165, 1.54) is 0 Å². The lowest BCUT2D eigenvalue weighted by Gasteiger charge is -2.21. The lowest BCUT2D eigenvalue weighted by atomic mass is 9.98. The minimum atomic E-state index is 0.0999. The number of aliphatic hydroxyl groups is 1. The van der Waals surface area contributed by atoms with Gasteiger partial charge in [0.15, 0.2) is 0 Å². The van der Waals surface area contributed by atoms with Crippen LogP contribution in [0.3, 0.4) is 0 Å². The highest BCUT2D eigenvalue weighted by Gasteiger charge is 2.14. The maximum absolute atomic E-state index is 8.39. The average molecular weight is 164 g/mol. The third-order valence-electron chi connectivity index (χ3n) is 1.16. The van der Waals surface area contributed by atoms with Crippen molar-refractivity contribution in [3.05, 3.63) is 0 Å². The van der Waals surface area contributed by atoms with Crippen LogP contribution in [-0.4, -0.2) is 30.7 Å². The van der Waals surface area contributed by atoms with Crippen molar-refractivity contribution in [1.82, 2.24) is 0 Å². The third kappa shape index (κ3) is 5.09. The molecule has 2 nitrogen and oxygen atoms in total. The van der Waals surface area contributed by atoms with Crippen LogP contribution in [0.15, 0.2) is 0 Å². The van der Waals surface area contributed by atoms with Crippen molar-refractivity contribution in [3.8, 4) is 0 Å². The molecule has 0 aromatic heterocycles. The van der Waals surface area contributed by atoms with Gasteiger partial charge in [0.2, 0.25) is 0 Å². The Labute approximate surface area is 68.0 Å². The topological polar surface area (TPSA) is 29.5 Å². The molecule has 0 bridgehead atoms. The first-order chi connectivity index (χ1) is 4.62. The molecule has 3 heteroatoms. The first kappa shape index (κ1) is 10.3. The van der Waals surface area contributed by atoms with Gasteiger partial charge in [-0.05, 0) is 11.2 Å². The minimum absolute atomic E-state index is 0.0999. The van der Waals surface area contributed by atoms with Gasteiger partial charge in [-0.15, -0.1) is 0 Å². The first-order valence-electron chi connectivity index (χ1n) is 3.42. The summed E-state index contributed by atoms with van der Waals surface area (Å²) in [5.41, 5.74) is 0.123. The van der Waals surface area contributed by atoms with Crippen molar-refractivity contribution in [2.75, 3.05) is 25.6 Å². The predicted octanol–water partition coefficient (Wildman–Crippen LogP) is 0.951. The number of rotatable bonds is 5. The fourth-order valence-corrected chi connectivity index (χ4v) is 0.550. The Balaban J connectivity index is 3.28. The second-order valence-electron chi connectivity index (χ2n) is 3.10. The molecule has 0 amide bonds. The second-order valence-corrected chi connectivity index (χ2v) is 3.41. The van der Waals surface area contributed by atoms with Crippen molar-refractivity contribution in [2.45, 2.75) is 13.8 Å². The summed E-state index contributed by atoms with van der Waals surface area (Å²) in [7, 11) is 0. The molecule has 0 fully saturated rings. The molecule has 1 N–H and O–H groups in total. The normalized spacial score (nSPS) is 12.0. The van der Waals surface area contributed by atoms with Gasteiger partial charge < -0.3 is 9.84 Å². The van der Waals surface area contributed by atoms with Crippen molar-refractivity contribution in [2.24, 2.45) is 5.41 Å². The van der Waals surface area contributed by atoms with Gasteiger partial charge in [0.1, 0.15) is 0 Å². The van der Waals surface area contributed by atoms with Crippen LogP contribution in [0.4, 0.5) is 0 Å². The van der Waals surface area contributed by atoms with Crippen LogP contribution in [0.5, 0.6) is 0 Å². The molecule has 0 aliphatic carbocycles. The fraction of sp³-hybridized carbons (Fsp3) is 1.00. The van der Waals surface area contributed by atoms with Gasteiger partial charge in [-0.3, -0.25) is 0 Å². The van der Waals surface area contributed by atoms with Gasteiger partial charge in [0, 0.05) is 0 Å². The van der Waals surface area contributed by atoms with Crippen LogP contribution in [-0.2, 0) is 4.74 Å². The van der Waals surface area contributed by atoms with Crippen LogP contribution < -0.4 is 0 Å². The number of hydrogen-bond acceptors (Lipinski definition) is 3. The molecule has 0 heterocycles. The minimum Gasteiger partial charge on any atom is -0.394 e. The van der Waals surface area contributed by atoms with Crippen LogP contribution in [0, 0.1) is 5.41 Å². The number of thiol groups is 1. The van der Waals surface area contributed by atoms with Gasteiger partial charge in [0.25, 0.3) is 0 Å². The summed E-state index contributed by atoms with van der Waals surface area (Å²) in [6.07, 6.45) is 0. The molecule has 0 aliphatic rings. The third-order valence-corrected chi connectivity index (χ3v) is 2.01. The van der Waals surface area contributed by atoms with E-state index in [-0.39, 0.29) is 12.0 Å². The highest BCUT2D eigenvalue weighted by Crippen LogP contribution is 2.16. The molecular weight excluding hydrogens is 148 g/mol. The van der Waals surface area contributed by atoms with E-state index in [1.807, 2.05) is 0 Å². The zero-order valence-electron chi connectivity index (χ0n) is 6.63. The zero-order valence-corrected chi connectivity index (χ0v) is 7.53. The predicted molar refractivity (Wildman–Crippen MR) is 45.5 cm³/mol. The number of hydrogen-bond donors (Lipinski definition) is 2. The lowest BCUT2D eigenvalue weighted by Crippen LogP contribution is -2.22. The Morgan fingerprint density at radius 1 is 1.50 bits per heavy atom. The van der Waals surface area contributed by atoms with E-state index in [0.29, 0.717) is 13.2 Å². The van der Waals surface area contributed by atoms with E-state index < -0.39 is 0 Å². The zero-order chi connectivity index (χ0) is 8.04. The van der Waals surface area contributed by atoms with Crippen molar-refractivity contribution < 1.29 is 9.84 Å². The molecule has 0 saturated carbocycles. The molecule has 10 heavy (non-hydrogen) atoms. The Hall–Kier alpha value is 0.270. The molecule has 0 aromatic rings. The maximum Gasteiger partial charge on any atom is 0.0697 e. The Morgan fingerprint density at radius 3 is 2.50 bits per heavy atom. The van der Waals surface area contributed by atoms with Crippen molar-refractivity contribution >= 4 is 12.6 Å². The fourth-order valence-electron chi connectivity index (χ4n) is 0.459. The Morgan fingerprint density at radius 2 is 2.10 bits per heavy atom. The molecule has 0 rings (SSSR count). The summed E-state index contributed by atoms with van der Waals surface area (Å²) in [4.78, 5) is 0. The van der Waals surface area contributed by atoms with E-state index in [9.17, 15) is 0 Å². The summed E-state index contributed by atoms with van der Waals surface area (Å²) in [5.74, 6) is 0.804. The average Bonchev–Trinajstić information content (AvgIpc) is 1.89. The molecular formula is C7H16O2S. The van der Waals surface area contributed by atoms with Gasteiger partial charge in [-0.2, -0.15) is 12.6 Å². The number of aliphatic hydroxyl groups excluding tert-OH is 1. The smallest absolute Gasteiger partial charge is 0.0697 e. The SMILES string of the molecule is CC(C)(CS)COCCO. The first-order valence-corrected chi connectivity index (χ1v) is 4.05. The molecule has 62 valence electrons. The summed E-state index contributed by atoms with van der Waals surface area (Å²) in [6, 6.07) is 0. The van der Waals surface area contributed by atoms with Crippen LogP contribution in [0.2, 0.25) is 0 Å². The van der Waals surface area contributed by atoms with Crippen molar-refractivity contribution in [3.63, 3.8) is 0 Å². The lowest BCUT2D eigenvalue weighted by molar-refractivity contribution is 0.0481.